The Bertz CT molecular complexity index is 730. The van der Waals surface area contributed by atoms with Gasteiger partial charge in [0.15, 0.2) is 24.7 Å². The molecule has 1 saturated heterocycles. The third-order valence-electron chi connectivity index (χ3n) is 4.49. The van der Waals surface area contributed by atoms with Crippen LogP contribution in [0.15, 0.2) is 18.2 Å². The average molecular weight is 422 g/mol. The standard InChI is InChI=1S/C21H30N2O7/c1-15(2)6-7-22-19(24)13-30-21(26)16-4-5-17(18(12-16)27-3)29-14-20(25)23-8-10-28-11-9-23/h4-5,12,15H,6-11,13-14H2,1-3H3,(H,22,24). The van der Waals surface area contributed by atoms with Gasteiger partial charge >= 0.3 is 5.97 Å². The van der Waals surface area contributed by atoms with E-state index >= 15 is 0 Å². The number of methoxy groups -OCH3 is 1. The van der Waals surface area contributed by atoms with Gasteiger partial charge < -0.3 is 29.2 Å². The van der Waals surface area contributed by atoms with Crippen molar-refractivity contribution in [2.45, 2.75) is 20.3 Å². The SMILES string of the molecule is COc1cc(C(=O)OCC(=O)NCCC(C)C)ccc1OCC(=O)N1CCOCC1. The number of nitrogens with zero attached hydrogens (tertiary/aromatic N) is 1. The minimum Gasteiger partial charge on any atom is -0.493 e. The van der Waals surface area contributed by atoms with Crippen molar-refractivity contribution >= 4 is 17.8 Å². The first kappa shape index (κ1) is 23.5. The summed E-state index contributed by atoms with van der Waals surface area (Å²) in [6.07, 6.45) is 0.854. The molecule has 1 N–H and O–H groups in total. The first-order valence-corrected chi connectivity index (χ1v) is 10.0. The van der Waals surface area contributed by atoms with E-state index in [4.69, 9.17) is 18.9 Å². The number of carbonyl (C=O) groups is 3. The summed E-state index contributed by atoms with van der Waals surface area (Å²) in [4.78, 5) is 37.8. The third kappa shape index (κ3) is 7.55. The van der Waals surface area contributed by atoms with E-state index in [1.54, 1.807) is 4.90 Å². The summed E-state index contributed by atoms with van der Waals surface area (Å²) in [5, 5.41) is 2.70. The average Bonchev–Trinajstić information content (AvgIpc) is 2.76. The van der Waals surface area contributed by atoms with Gasteiger partial charge in [-0.25, -0.2) is 4.79 Å². The lowest BCUT2D eigenvalue weighted by atomic mass is 10.1. The van der Waals surface area contributed by atoms with Crippen molar-refractivity contribution in [2.75, 3.05) is 53.2 Å². The van der Waals surface area contributed by atoms with E-state index < -0.39 is 5.97 Å². The minimum atomic E-state index is -0.650. The molecule has 1 fully saturated rings. The van der Waals surface area contributed by atoms with Gasteiger partial charge in [-0.2, -0.15) is 0 Å². The summed E-state index contributed by atoms with van der Waals surface area (Å²) in [5.74, 6) is -0.0407. The minimum absolute atomic E-state index is 0.142. The highest BCUT2D eigenvalue weighted by molar-refractivity contribution is 5.92. The summed E-state index contributed by atoms with van der Waals surface area (Å²) in [5.41, 5.74) is 0.216. The zero-order valence-corrected chi connectivity index (χ0v) is 17.8. The van der Waals surface area contributed by atoms with Crippen LogP contribution in [0.4, 0.5) is 0 Å². The number of morpholine rings is 1. The van der Waals surface area contributed by atoms with Crippen molar-refractivity contribution in [3.8, 4) is 11.5 Å². The fraction of sp³-hybridized carbons (Fsp3) is 0.571. The summed E-state index contributed by atoms with van der Waals surface area (Å²) < 4.78 is 21.1. The molecule has 9 nitrogen and oxygen atoms in total. The van der Waals surface area contributed by atoms with E-state index in [1.807, 2.05) is 0 Å². The van der Waals surface area contributed by atoms with E-state index in [1.165, 1.54) is 25.3 Å². The van der Waals surface area contributed by atoms with Crippen molar-refractivity contribution in [2.24, 2.45) is 5.92 Å². The molecule has 0 spiro atoms. The summed E-state index contributed by atoms with van der Waals surface area (Å²) >= 11 is 0. The molecule has 0 unspecified atom stereocenters. The number of nitrogens with one attached hydrogen (secondary N) is 1. The fourth-order valence-corrected chi connectivity index (χ4v) is 2.72. The molecule has 2 rings (SSSR count). The zero-order chi connectivity index (χ0) is 21.9. The van der Waals surface area contributed by atoms with E-state index in [0.717, 1.165) is 6.42 Å². The number of amides is 2. The van der Waals surface area contributed by atoms with E-state index in [-0.39, 0.29) is 30.6 Å². The summed E-state index contributed by atoms with van der Waals surface area (Å²) in [6, 6.07) is 4.48. The van der Waals surface area contributed by atoms with Crippen LogP contribution in [-0.2, 0) is 19.1 Å². The Morgan fingerprint density at radius 1 is 1.13 bits per heavy atom. The fourth-order valence-electron chi connectivity index (χ4n) is 2.72. The predicted octanol–water partition coefficient (Wildman–Crippen LogP) is 1.25. The number of ether oxygens (including phenoxy) is 4. The van der Waals surface area contributed by atoms with Gasteiger partial charge in [-0.1, -0.05) is 13.8 Å². The van der Waals surface area contributed by atoms with Crippen molar-refractivity contribution in [1.82, 2.24) is 10.2 Å². The molecule has 0 aromatic heterocycles. The topological polar surface area (TPSA) is 103 Å². The van der Waals surface area contributed by atoms with Gasteiger partial charge in [-0.15, -0.1) is 0 Å². The molecule has 0 atom stereocenters. The summed E-state index contributed by atoms with van der Waals surface area (Å²) in [6.45, 7) is 6.27. The van der Waals surface area contributed by atoms with Gasteiger partial charge in [0.1, 0.15) is 0 Å². The number of benzene rings is 1. The maximum absolute atomic E-state index is 12.2. The maximum atomic E-state index is 12.2. The Morgan fingerprint density at radius 2 is 1.87 bits per heavy atom. The van der Waals surface area contributed by atoms with E-state index in [9.17, 15) is 14.4 Å². The van der Waals surface area contributed by atoms with Crippen LogP contribution in [0.25, 0.3) is 0 Å². The molecule has 0 bridgehead atoms. The Kier molecular flexibility index (Phi) is 9.40. The van der Waals surface area contributed by atoms with Crippen LogP contribution in [-0.4, -0.2) is 75.9 Å². The highest BCUT2D eigenvalue weighted by Gasteiger charge is 2.19. The van der Waals surface area contributed by atoms with Crippen LogP contribution < -0.4 is 14.8 Å². The molecule has 1 aromatic carbocycles. The lowest BCUT2D eigenvalue weighted by Crippen LogP contribution is -2.43. The van der Waals surface area contributed by atoms with Crippen LogP contribution in [0.3, 0.4) is 0 Å². The highest BCUT2D eigenvalue weighted by Crippen LogP contribution is 2.28. The Hall–Kier alpha value is -2.81. The number of esters is 1. The molecule has 9 heteroatoms. The molecule has 1 aliphatic rings. The predicted molar refractivity (Wildman–Crippen MR) is 109 cm³/mol. The van der Waals surface area contributed by atoms with Gasteiger partial charge in [0.2, 0.25) is 0 Å². The van der Waals surface area contributed by atoms with Gasteiger partial charge in [-0.3, -0.25) is 9.59 Å². The van der Waals surface area contributed by atoms with Crippen LogP contribution in [0, 0.1) is 5.92 Å². The lowest BCUT2D eigenvalue weighted by Gasteiger charge is -2.26. The van der Waals surface area contributed by atoms with Crippen LogP contribution in [0.5, 0.6) is 11.5 Å². The van der Waals surface area contributed by atoms with Gasteiger partial charge in [0.25, 0.3) is 11.8 Å². The molecule has 1 aromatic rings. The largest absolute Gasteiger partial charge is 0.493 e. The lowest BCUT2D eigenvalue weighted by molar-refractivity contribution is -0.137. The monoisotopic (exact) mass is 422 g/mol. The molecule has 1 aliphatic heterocycles. The Labute approximate surface area is 176 Å². The van der Waals surface area contributed by atoms with Crippen molar-refractivity contribution in [3.05, 3.63) is 23.8 Å². The van der Waals surface area contributed by atoms with Crippen molar-refractivity contribution in [3.63, 3.8) is 0 Å². The number of carbonyl (C=O) groups excluding carboxylic acids is 3. The Morgan fingerprint density at radius 3 is 2.53 bits per heavy atom. The van der Waals surface area contributed by atoms with Gasteiger partial charge in [0.05, 0.1) is 25.9 Å². The van der Waals surface area contributed by atoms with E-state index in [2.05, 4.69) is 19.2 Å². The Balaban J connectivity index is 1.85. The van der Waals surface area contributed by atoms with E-state index in [0.29, 0.717) is 50.3 Å². The third-order valence-corrected chi connectivity index (χ3v) is 4.49. The van der Waals surface area contributed by atoms with Crippen LogP contribution in [0.1, 0.15) is 30.6 Å². The molecular weight excluding hydrogens is 392 g/mol. The molecule has 1 heterocycles. The number of rotatable bonds is 10. The second-order valence-corrected chi connectivity index (χ2v) is 7.26. The van der Waals surface area contributed by atoms with Crippen LogP contribution >= 0.6 is 0 Å². The molecule has 30 heavy (non-hydrogen) atoms. The maximum Gasteiger partial charge on any atom is 0.338 e. The summed E-state index contributed by atoms with van der Waals surface area (Å²) in [7, 11) is 1.43. The molecule has 166 valence electrons. The second-order valence-electron chi connectivity index (χ2n) is 7.26. The molecule has 0 saturated carbocycles. The quantitative estimate of drug-likeness (QED) is 0.566. The second kappa shape index (κ2) is 12.0. The molecular formula is C21H30N2O7. The van der Waals surface area contributed by atoms with Crippen molar-refractivity contribution < 1.29 is 33.3 Å². The van der Waals surface area contributed by atoms with Gasteiger partial charge in [0, 0.05) is 19.6 Å². The van der Waals surface area contributed by atoms with Crippen LogP contribution in [0.2, 0.25) is 0 Å². The smallest absolute Gasteiger partial charge is 0.338 e. The first-order chi connectivity index (χ1) is 14.4. The van der Waals surface area contributed by atoms with Crippen molar-refractivity contribution in [1.29, 1.82) is 0 Å². The highest BCUT2D eigenvalue weighted by atomic mass is 16.5. The molecule has 2 amide bonds. The normalized spacial score (nSPS) is 13.7. The number of hydrogen-bond acceptors (Lipinski definition) is 7. The van der Waals surface area contributed by atoms with Gasteiger partial charge in [-0.05, 0) is 30.5 Å². The zero-order valence-electron chi connectivity index (χ0n) is 17.8. The molecule has 0 aliphatic carbocycles. The number of hydrogen-bond donors (Lipinski definition) is 1. The first-order valence-electron chi connectivity index (χ1n) is 10.0. The molecule has 0 radical (unpaired) electrons.